The van der Waals surface area contributed by atoms with Gasteiger partial charge in [0.2, 0.25) is 0 Å². The van der Waals surface area contributed by atoms with Crippen LogP contribution in [0.15, 0.2) is 36.4 Å². The van der Waals surface area contributed by atoms with Crippen LogP contribution in [-0.4, -0.2) is 16.2 Å². The number of anilines is 2. The molecule has 1 aliphatic heterocycles. The number of fused-ring (bicyclic) bond motifs is 1. The zero-order valence-electron chi connectivity index (χ0n) is 11.1. The van der Waals surface area contributed by atoms with E-state index in [-0.39, 0.29) is 0 Å². The fourth-order valence-corrected chi connectivity index (χ4v) is 2.63. The first kappa shape index (κ1) is 12.1. The SMILES string of the molecule is CC1CCc2ccccc2N1c1ccc(CN)nn1. The number of benzene rings is 1. The predicted octanol–water partition coefficient (Wildman–Crippen LogP) is 2.41. The van der Waals surface area contributed by atoms with E-state index in [1.165, 1.54) is 11.3 Å². The highest BCUT2D eigenvalue weighted by atomic mass is 15.3. The van der Waals surface area contributed by atoms with E-state index in [1.54, 1.807) is 0 Å². The first-order valence-electron chi connectivity index (χ1n) is 6.69. The van der Waals surface area contributed by atoms with Gasteiger partial charge in [0.05, 0.1) is 5.69 Å². The number of hydrogen-bond acceptors (Lipinski definition) is 4. The Morgan fingerprint density at radius 2 is 2.05 bits per heavy atom. The maximum absolute atomic E-state index is 5.57. The Labute approximate surface area is 113 Å². The van der Waals surface area contributed by atoms with Crippen molar-refractivity contribution in [3.63, 3.8) is 0 Å². The molecule has 0 amide bonds. The molecule has 1 unspecified atom stereocenters. The molecule has 0 saturated carbocycles. The molecule has 2 N–H and O–H groups in total. The Morgan fingerprint density at radius 3 is 2.79 bits per heavy atom. The second kappa shape index (κ2) is 4.97. The monoisotopic (exact) mass is 254 g/mol. The number of rotatable bonds is 2. The number of nitrogens with two attached hydrogens (primary N) is 1. The largest absolute Gasteiger partial charge is 0.325 e. The maximum atomic E-state index is 5.57. The molecular weight excluding hydrogens is 236 g/mol. The summed E-state index contributed by atoms with van der Waals surface area (Å²) < 4.78 is 0. The molecule has 1 aliphatic rings. The molecule has 0 spiro atoms. The summed E-state index contributed by atoms with van der Waals surface area (Å²) in [6.45, 7) is 2.66. The van der Waals surface area contributed by atoms with Crippen LogP contribution in [0.1, 0.15) is 24.6 Å². The minimum Gasteiger partial charge on any atom is -0.325 e. The van der Waals surface area contributed by atoms with Gasteiger partial charge in [-0.05, 0) is 43.5 Å². The van der Waals surface area contributed by atoms with Crippen molar-refractivity contribution in [2.24, 2.45) is 5.73 Å². The van der Waals surface area contributed by atoms with Crippen molar-refractivity contribution in [2.45, 2.75) is 32.4 Å². The number of aryl methyl sites for hydroxylation is 1. The van der Waals surface area contributed by atoms with Crippen molar-refractivity contribution < 1.29 is 0 Å². The molecule has 2 aromatic rings. The quantitative estimate of drug-likeness (QED) is 0.894. The minimum absolute atomic E-state index is 0.430. The number of nitrogens with zero attached hydrogens (tertiary/aromatic N) is 3. The summed E-state index contributed by atoms with van der Waals surface area (Å²) in [6.07, 6.45) is 2.26. The topological polar surface area (TPSA) is 55.0 Å². The molecule has 0 saturated heterocycles. The molecule has 0 fully saturated rings. The van der Waals surface area contributed by atoms with E-state index in [4.69, 9.17) is 5.73 Å². The van der Waals surface area contributed by atoms with Crippen LogP contribution in [0.3, 0.4) is 0 Å². The third kappa shape index (κ3) is 2.19. The highest BCUT2D eigenvalue weighted by Gasteiger charge is 2.24. The van der Waals surface area contributed by atoms with E-state index < -0.39 is 0 Å². The van der Waals surface area contributed by atoms with Gasteiger partial charge in [-0.15, -0.1) is 5.10 Å². The van der Waals surface area contributed by atoms with Gasteiger partial charge < -0.3 is 10.6 Å². The van der Waals surface area contributed by atoms with E-state index in [2.05, 4.69) is 46.3 Å². The highest BCUT2D eigenvalue weighted by molar-refractivity contribution is 5.66. The van der Waals surface area contributed by atoms with Gasteiger partial charge in [-0.1, -0.05) is 18.2 Å². The molecule has 4 nitrogen and oxygen atoms in total. The molecule has 3 rings (SSSR count). The smallest absolute Gasteiger partial charge is 0.155 e. The number of hydrogen-bond donors (Lipinski definition) is 1. The van der Waals surface area contributed by atoms with Gasteiger partial charge in [0.25, 0.3) is 0 Å². The van der Waals surface area contributed by atoms with Gasteiger partial charge >= 0.3 is 0 Å². The Kier molecular flexibility index (Phi) is 3.17. The van der Waals surface area contributed by atoms with Gasteiger partial charge in [0.15, 0.2) is 5.82 Å². The summed E-state index contributed by atoms with van der Waals surface area (Å²) in [5.74, 6) is 0.900. The van der Waals surface area contributed by atoms with Crippen LogP contribution in [0.25, 0.3) is 0 Å². The zero-order valence-corrected chi connectivity index (χ0v) is 11.1. The average Bonchev–Trinajstić information content (AvgIpc) is 2.47. The molecule has 98 valence electrons. The van der Waals surface area contributed by atoms with Gasteiger partial charge in [-0.25, -0.2) is 0 Å². The molecule has 4 heteroatoms. The van der Waals surface area contributed by atoms with Crippen LogP contribution in [-0.2, 0) is 13.0 Å². The third-order valence-corrected chi connectivity index (χ3v) is 3.69. The summed E-state index contributed by atoms with van der Waals surface area (Å²) in [4.78, 5) is 2.27. The van der Waals surface area contributed by atoms with E-state index in [9.17, 15) is 0 Å². The summed E-state index contributed by atoms with van der Waals surface area (Å²) in [5.41, 5.74) is 9.01. The average molecular weight is 254 g/mol. The second-order valence-corrected chi connectivity index (χ2v) is 4.97. The summed E-state index contributed by atoms with van der Waals surface area (Å²) in [5, 5.41) is 8.48. The van der Waals surface area contributed by atoms with Gasteiger partial charge in [-0.2, -0.15) is 5.10 Å². The van der Waals surface area contributed by atoms with E-state index in [0.717, 1.165) is 24.4 Å². The zero-order chi connectivity index (χ0) is 13.2. The predicted molar refractivity (Wildman–Crippen MR) is 76.3 cm³/mol. The Balaban J connectivity index is 2.02. The Hall–Kier alpha value is -1.94. The van der Waals surface area contributed by atoms with Gasteiger partial charge in [-0.3, -0.25) is 0 Å². The lowest BCUT2D eigenvalue weighted by Crippen LogP contribution is -2.34. The van der Waals surface area contributed by atoms with Crippen molar-refractivity contribution in [2.75, 3.05) is 4.90 Å². The van der Waals surface area contributed by atoms with Gasteiger partial charge in [0, 0.05) is 18.3 Å². The number of aromatic nitrogens is 2. The standard InChI is InChI=1S/C15H18N4/c1-11-6-7-12-4-2-3-5-14(12)19(11)15-9-8-13(10-16)17-18-15/h2-5,8-9,11H,6-7,10,16H2,1H3. The van der Waals surface area contributed by atoms with Crippen LogP contribution < -0.4 is 10.6 Å². The highest BCUT2D eigenvalue weighted by Crippen LogP contribution is 2.35. The van der Waals surface area contributed by atoms with Crippen LogP contribution in [0, 0.1) is 0 Å². The van der Waals surface area contributed by atoms with Crippen molar-refractivity contribution in [3.8, 4) is 0 Å². The maximum Gasteiger partial charge on any atom is 0.155 e. The molecule has 1 atom stereocenters. The summed E-state index contributed by atoms with van der Waals surface area (Å²) in [6, 6.07) is 12.9. The Bertz CT molecular complexity index is 565. The molecule has 1 aromatic heterocycles. The first-order chi connectivity index (χ1) is 9.29. The molecular formula is C15H18N4. The fourth-order valence-electron chi connectivity index (χ4n) is 2.63. The molecule has 0 radical (unpaired) electrons. The van der Waals surface area contributed by atoms with Gasteiger partial charge in [0.1, 0.15) is 0 Å². The lowest BCUT2D eigenvalue weighted by atomic mass is 9.97. The summed E-state index contributed by atoms with van der Waals surface area (Å²) >= 11 is 0. The van der Waals surface area contributed by atoms with Crippen molar-refractivity contribution in [3.05, 3.63) is 47.7 Å². The lowest BCUT2D eigenvalue weighted by Gasteiger charge is -2.35. The molecule has 0 aliphatic carbocycles. The van der Waals surface area contributed by atoms with E-state index in [0.29, 0.717) is 12.6 Å². The summed E-state index contributed by atoms with van der Waals surface area (Å²) in [7, 11) is 0. The molecule has 1 aromatic carbocycles. The molecule has 19 heavy (non-hydrogen) atoms. The normalized spacial score (nSPS) is 18.2. The van der Waals surface area contributed by atoms with Crippen molar-refractivity contribution >= 4 is 11.5 Å². The van der Waals surface area contributed by atoms with Crippen LogP contribution in [0.5, 0.6) is 0 Å². The lowest BCUT2D eigenvalue weighted by molar-refractivity contribution is 0.610. The van der Waals surface area contributed by atoms with Crippen LogP contribution in [0.4, 0.5) is 11.5 Å². The molecule has 0 bridgehead atoms. The fraction of sp³-hybridized carbons (Fsp3) is 0.333. The Morgan fingerprint density at radius 1 is 1.21 bits per heavy atom. The second-order valence-electron chi connectivity index (χ2n) is 4.97. The van der Waals surface area contributed by atoms with E-state index >= 15 is 0 Å². The van der Waals surface area contributed by atoms with Crippen molar-refractivity contribution in [1.82, 2.24) is 10.2 Å². The minimum atomic E-state index is 0.430. The van der Waals surface area contributed by atoms with Crippen LogP contribution in [0.2, 0.25) is 0 Å². The van der Waals surface area contributed by atoms with Crippen LogP contribution >= 0.6 is 0 Å². The number of para-hydroxylation sites is 1. The van der Waals surface area contributed by atoms with E-state index in [1.807, 2.05) is 12.1 Å². The third-order valence-electron chi connectivity index (χ3n) is 3.69. The van der Waals surface area contributed by atoms with Crippen molar-refractivity contribution in [1.29, 1.82) is 0 Å². The molecule has 2 heterocycles. The first-order valence-corrected chi connectivity index (χ1v) is 6.69.